The topological polar surface area (TPSA) is 177 Å². The maximum atomic E-state index is 13.1. The van der Waals surface area contributed by atoms with Crippen LogP contribution in [0.15, 0.2) is 82.6 Å². The van der Waals surface area contributed by atoms with Crippen LogP contribution in [0.5, 0.6) is 0 Å². The number of sulfonamides is 1. The lowest BCUT2D eigenvalue weighted by molar-refractivity contribution is -0.138. The number of anilines is 1. The summed E-state index contributed by atoms with van der Waals surface area (Å²) in [5.74, 6) is -1.44. The highest BCUT2D eigenvalue weighted by molar-refractivity contribution is 7.89. The van der Waals surface area contributed by atoms with Gasteiger partial charge in [-0.3, -0.25) is 23.6 Å². The number of aryl methyl sites for hydroxylation is 2. The zero-order chi connectivity index (χ0) is 30.1. The minimum Gasteiger partial charge on any atom is -0.480 e. The summed E-state index contributed by atoms with van der Waals surface area (Å²) in [6.07, 6.45) is 2.09. The molecule has 14 heteroatoms. The Morgan fingerprint density at radius 2 is 1.86 bits per heavy atom. The van der Waals surface area contributed by atoms with Crippen LogP contribution in [-0.2, 0) is 34.3 Å². The largest absolute Gasteiger partial charge is 0.480 e. The lowest BCUT2D eigenvalue weighted by atomic mass is 10.1. The van der Waals surface area contributed by atoms with E-state index in [1.165, 1.54) is 12.1 Å². The number of amides is 1. The molecule has 1 aliphatic heterocycles. The van der Waals surface area contributed by atoms with Crippen LogP contribution in [0.4, 0.5) is 5.95 Å². The van der Waals surface area contributed by atoms with Gasteiger partial charge in [0.1, 0.15) is 6.04 Å². The van der Waals surface area contributed by atoms with Gasteiger partial charge in [0.2, 0.25) is 16.0 Å². The number of carbonyl (C=O) groups excluding carboxylic acids is 1. The minimum absolute atomic E-state index is 0.0541. The van der Waals surface area contributed by atoms with Gasteiger partial charge in [-0.15, -0.1) is 0 Å². The summed E-state index contributed by atoms with van der Waals surface area (Å²) in [6, 6.07) is 16.5. The molecule has 0 radical (unpaired) electrons. The highest BCUT2D eigenvalue weighted by atomic mass is 32.2. The fourth-order valence-corrected chi connectivity index (χ4v) is 6.51. The van der Waals surface area contributed by atoms with Crippen LogP contribution in [-0.4, -0.2) is 63.9 Å². The molecule has 0 saturated heterocycles. The van der Waals surface area contributed by atoms with E-state index in [0.717, 1.165) is 5.52 Å². The summed E-state index contributed by atoms with van der Waals surface area (Å²) >= 11 is 0. The van der Waals surface area contributed by atoms with Crippen molar-refractivity contribution in [3.63, 3.8) is 0 Å². The van der Waals surface area contributed by atoms with E-state index in [2.05, 4.69) is 25.4 Å². The Balaban J connectivity index is 1.12. The number of carboxylic acid groups (broad SMARTS) is 1. The molecule has 3 heterocycles. The van der Waals surface area contributed by atoms with Crippen molar-refractivity contribution >= 4 is 49.5 Å². The maximum Gasteiger partial charge on any atom is 0.323 e. The fourth-order valence-electron chi connectivity index (χ4n) is 5.10. The first-order valence-electron chi connectivity index (χ1n) is 13.5. The summed E-state index contributed by atoms with van der Waals surface area (Å²) in [7, 11) is -4.22. The third-order valence-corrected chi connectivity index (χ3v) is 8.79. The Bertz CT molecular complexity index is 2050. The second kappa shape index (κ2) is 11.3. The first-order chi connectivity index (χ1) is 20.7. The average Bonchev–Trinajstić information content (AvgIpc) is 3.64. The molecule has 3 aromatic carbocycles. The number of nitrogens with zero attached hydrogens (tertiary/aromatic N) is 4. The monoisotopic (exact) mass is 601 g/mol. The van der Waals surface area contributed by atoms with Crippen LogP contribution in [0.2, 0.25) is 0 Å². The Labute approximate surface area is 245 Å². The van der Waals surface area contributed by atoms with Gasteiger partial charge in [0, 0.05) is 55.0 Å². The van der Waals surface area contributed by atoms with Gasteiger partial charge < -0.3 is 15.7 Å². The number of nitrogens with one attached hydrogen (secondary N) is 3. The van der Waals surface area contributed by atoms with Crippen molar-refractivity contribution in [3.05, 3.63) is 94.5 Å². The van der Waals surface area contributed by atoms with Crippen LogP contribution in [0.25, 0.3) is 21.7 Å². The molecule has 0 bridgehead atoms. The number of hydrogen-bond donors (Lipinski definition) is 4. The van der Waals surface area contributed by atoms with E-state index in [-0.39, 0.29) is 16.0 Å². The van der Waals surface area contributed by atoms with Crippen molar-refractivity contribution < 1.29 is 23.1 Å². The van der Waals surface area contributed by atoms with Crippen molar-refractivity contribution in [2.75, 3.05) is 18.4 Å². The molecule has 1 aliphatic rings. The molecule has 1 amide bonds. The SMILES string of the molecule is O=C(NC[C@H](NS(=O)(=O)c1cccc2ccccc12)C(=O)O)c1ccc2c(cnn2CCc2cc(=O)n3c(n2)NCC3)c1. The molecule has 220 valence electrons. The molecule has 5 aromatic rings. The quantitative estimate of drug-likeness (QED) is 0.185. The van der Waals surface area contributed by atoms with Crippen LogP contribution in [0, 0.1) is 0 Å². The van der Waals surface area contributed by atoms with Crippen molar-refractivity contribution in [2.45, 2.75) is 30.4 Å². The Kier molecular flexibility index (Phi) is 7.38. The first kappa shape index (κ1) is 28.1. The average molecular weight is 602 g/mol. The van der Waals surface area contributed by atoms with Crippen LogP contribution in [0.3, 0.4) is 0 Å². The molecule has 4 N–H and O–H groups in total. The second-order valence-electron chi connectivity index (χ2n) is 10.1. The van der Waals surface area contributed by atoms with Crippen molar-refractivity contribution in [2.24, 2.45) is 0 Å². The number of benzene rings is 3. The van der Waals surface area contributed by atoms with E-state index < -0.39 is 34.5 Å². The van der Waals surface area contributed by atoms with Crippen molar-refractivity contribution in [1.82, 2.24) is 29.4 Å². The molecule has 6 rings (SSSR count). The van der Waals surface area contributed by atoms with E-state index in [4.69, 9.17) is 0 Å². The summed E-state index contributed by atoms with van der Waals surface area (Å²) in [6.45, 7) is 1.25. The van der Waals surface area contributed by atoms with E-state index >= 15 is 0 Å². The van der Waals surface area contributed by atoms with Gasteiger partial charge in [-0.25, -0.2) is 13.4 Å². The molecule has 0 unspecified atom stereocenters. The smallest absolute Gasteiger partial charge is 0.323 e. The molecule has 0 spiro atoms. The Hall–Kier alpha value is -5.08. The standard InChI is InChI=1S/C29H27N7O6S/c37-26-15-21(33-29-30-11-13-35(26)29)10-12-36-24-9-8-19(14-20(24)16-32-36)27(38)31-17-23(28(39)40)34-43(41,42)25-7-3-5-18-4-1-2-6-22(18)25/h1-9,14-16,23,34H,10-13,17H2,(H,30,33)(H,31,38)(H,39,40)/t23-/m0/s1. The van der Waals surface area contributed by atoms with Gasteiger partial charge in [-0.1, -0.05) is 36.4 Å². The van der Waals surface area contributed by atoms with Gasteiger partial charge in [-0.05, 0) is 29.7 Å². The number of carboxylic acids is 1. The summed E-state index contributed by atoms with van der Waals surface area (Å²) in [4.78, 5) is 41.6. The molecule has 1 atom stereocenters. The van der Waals surface area contributed by atoms with Gasteiger partial charge in [0.05, 0.1) is 22.3 Å². The molecule has 0 aliphatic carbocycles. The lowest BCUT2D eigenvalue weighted by Crippen LogP contribution is -2.48. The zero-order valence-corrected chi connectivity index (χ0v) is 23.5. The number of hydrogen-bond acceptors (Lipinski definition) is 8. The summed E-state index contributed by atoms with van der Waals surface area (Å²) in [5.41, 5.74) is 1.57. The Morgan fingerprint density at radius 3 is 2.70 bits per heavy atom. The van der Waals surface area contributed by atoms with Crippen LogP contribution in [0.1, 0.15) is 16.1 Å². The fraction of sp³-hybridized carbons (Fsp3) is 0.207. The predicted octanol–water partition coefficient (Wildman–Crippen LogP) is 1.58. The number of aromatic nitrogens is 4. The minimum atomic E-state index is -4.22. The molecule has 13 nitrogen and oxygen atoms in total. The highest BCUT2D eigenvalue weighted by Gasteiger charge is 2.27. The lowest BCUT2D eigenvalue weighted by Gasteiger charge is -2.16. The number of fused-ring (bicyclic) bond motifs is 3. The molecule has 0 fully saturated rings. The molecule has 2 aromatic heterocycles. The predicted molar refractivity (Wildman–Crippen MR) is 158 cm³/mol. The third kappa shape index (κ3) is 5.69. The number of carbonyl (C=O) groups is 2. The summed E-state index contributed by atoms with van der Waals surface area (Å²) in [5, 5.41) is 21.5. The maximum absolute atomic E-state index is 13.1. The highest BCUT2D eigenvalue weighted by Crippen LogP contribution is 2.23. The second-order valence-corrected chi connectivity index (χ2v) is 11.8. The zero-order valence-electron chi connectivity index (χ0n) is 22.7. The van der Waals surface area contributed by atoms with E-state index in [0.29, 0.717) is 53.9 Å². The molecule has 43 heavy (non-hydrogen) atoms. The van der Waals surface area contributed by atoms with Crippen molar-refractivity contribution in [3.8, 4) is 0 Å². The van der Waals surface area contributed by atoms with Gasteiger partial charge in [0.25, 0.3) is 11.5 Å². The van der Waals surface area contributed by atoms with Gasteiger partial charge in [-0.2, -0.15) is 9.82 Å². The van der Waals surface area contributed by atoms with Gasteiger partial charge >= 0.3 is 5.97 Å². The molecule has 0 saturated carbocycles. The number of rotatable bonds is 10. The van der Waals surface area contributed by atoms with Crippen LogP contribution >= 0.6 is 0 Å². The van der Waals surface area contributed by atoms with Crippen molar-refractivity contribution in [1.29, 1.82) is 0 Å². The normalized spacial score (nSPS) is 13.5. The molecular formula is C29H27N7O6S. The third-order valence-electron chi connectivity index (χ3n) is 7.26. The first-order valence-corrected chi connectivity index (χ1v) is 15.0. The summed E-state index contributed by atoms with van der Waals surface area (Å²) < 4.78 is 31.8. The molecular weight excluding hydrogens is 574 g/mol. The van der Waals surface area contributed by atoms with Gasteiger partial charge in [0.15, 0.2) is 0 Å². The number of aliphatic carboxylic acids is 1. The van der Waals surface area contributed by atoms with E-state index in [1.807, 2.05) is 0 Å². The van der Waals surface area contributed by atoms with Crippen LogP contribution < -0.4 is 20.9 Å². The Morgan fingerprint density at radius 1 is 1.05 bits per heavy atom. The van der Waals surface area contributed by atoms with E-state index in [9.17, 15) is 27.9 Å². The van der Waals surface area contributed by atoms with E-state index in [1.54, 1.807) is 70.0 Å².